The normalized spacial score (nSPS) is 10.2. The third-order valence-electron chi connectivity index (χ3n) is 2.14. The summed E-state index contributed by atoms with van der Waals surface area (Å²) in [5.74, 6) is 3.09. The molecule has 0 bridgehead atoms. The Morgan fingerprint density at radius 1 is 1.18 bits per heavy atom. The van der Waals surface area contributed by atoms with Crippen molar-refractivity contribution in [3.8, 4) is 0 Å². The highest BCUT2D eigenvalue weighted by atomic mass is 32.2. The van der Waals surface area contributed by atoms with Crippen LogP contribution >= 0.6 is 23.5 Å². The van der Waals surface area contributed by atoms with E-state index in [1.807, 2.05) is 17.8 Å². The summed E-state index contributed by atoms with van der Waals surface area (Å²) < 4.78 is 0. The first-order valence-electron chi connectivity index (χ1n) is 5.66. The number of rotatable bonds is 6. The van der Waals surface area contributed by atoms with Crippen LogP contribution in [0.2, 0.25) is 0 Å². The molecule has 0 aliphatic carbocycles. The second kappa shape index (κ2) is 8.48. The summed E-state index contributed by atoms with van der Waals surface area (Å²) in [6, 6.07) is 10.5. The van der Waals surface area contributed by atoms with Gasteiger partial charge in [0.2, 0.25) is 0 Å². The molecule has 0 N–H and O–H groups in total. The van der Waals surface area contributed by atoms with Gasteiger partial charge >= 0.3 is 0 Å². The zero-order valence-electron chi connectivity index (χ0n) is 10.4. The number of carbonyl (C=O) groups is 1. The summed E-state index contributed by atoms with van der Waals surface area (Å²) in [6.45, 7) is 0. The molecule has 0 saturated carbocycles. The molecule has 4 heteroatoms. The van der Waals surface area contributed by atoms with Gasteiger partial charge in [0.1, 0.15) is 0 Å². The smallest absolute Gasteiger partial charge is 0.281 e. The van der Waals surface area contributed by atoms with Crippen molar-refractivity contribution in [1.82, 2.24) is 4.90 Å². The topological polar surface area (TPSA) is 20.3 Å². The molecule has 2 nitrogen and oxygen atoms in total. The Bertz CT molecular complexity index is 327. The zero-order chi connectivity index (χ0) is 12.5. The number of benzene rings is 1. The van der Waals surface area contributed by atoms with E-state index in [1.165, 1.54) is 17.3 Å². The molecule has 0 heterocycles. The Labute approximate surface area is 112 Å². The molecule has 0 spiro atoms. The lowest BCUT2D eigenvalue weighted by Crippen LogP contribution is -2.16. The lowest BCUT2D eigenvalue weighted by atomic mass is 10.2. The molecule has 0 unspecified atom stereocenters. The first kappa shape index (κ1) is 14.5. The molecule has 94 valence electrons. The van der Waals surface area contributed by atoms with Crippen LogP contribution in [-0.2, 0) is 5.75 Å². The van der Waals surface area contributed by atoms with Gasteiger partial charge in [0.05, 0.1) is 0 Å². The third kappa shape index (κ3) is 6.64. The average Bonchev–Trinajstić information content (AvgIpc) is 2.34. The van der Waals surface area contributed by atoms with Crippen molar-refractivity contribution in [3.05, 3.63) is 35.9 Å². The van der Waals surface area contributed by atoms with Gasteiger partial charge in [0, 0.05) is 25.6 Å². The molecule has 1 rings (SSSR count). The van der Waals surface area contributed by atoms with E-state index in [4.69, 9.17) is 0 Å². The molecule has 1 aromatic carbocycles. The van der Waals surface area contributed by atoms with Gasteiger partial charge < -0.3 is 4.90 Å². The van der Waals surface area contributed by atoms with Crippen LogP contribution in [0.15, 0.2) is 30.3 Å². The minimum Gasteiger partial charge on any atom is -0.340 e. The number of hydrogen-bond donors (Lipinski definition) is 0. The molecule has 0 aromatic heterocycles. The molecule has 0 aliphatic rings. The van der Waals surface area contributed by atoms with Crippen molar-refractivity contribution in [3.63, 3.8) is 0 Å². The predicted molar refractivity (Wildman–Crippen MR) is 78.8 cm³/mol. The molecule has 1 aromatic rings. The SMILES string of the molecule is CN(C)C(=O)SCCCSCc1ccccc1. The molecule has 0 atom stereocenters. The summed E-state index contributed by atoms with van der Waals surface area (Å²) in [7, 11) is 3.58. The van der Waals surface area contributed by atoms with E-state index in [0.717, 1.165) is 23.7 Å². The maximum Gasteiger partial charge on any atom is 0.281 e. The van der Waals surface area contributed by atoms with Crippen LogP contribution in [0.1, 0.15) is 12.0 Å². The Kier molecular flexibility index (Phi) is 7.21. The van der Waals surface area contributed by atoms with Gasteiger partial charge in [-0.15, -0.1) is 0 Å². The average molecular weight is 269 g/mol. The standard InChI is InChI=1S/C13H19NOS2/c1-14(2)13(15)17-10-6-9-16-11-12-7-4-3-5-8-12/h3-5,7-8H,6,9-11H2,1-2H3. The number of carbonyl (C=O) groups excluding carboxylic acids is 1. The van der Waals surface area contributed by atoms with Crippen molar-refractivity contribution in [2.75, 3.05) is 25.6 Å². The van der Waals surface area contributed by atoms with Crippen LogP contribution < -0.4 is 0 Å². The number of amides is 1. The highest BCUT2D eigenvalue weighted by Gasteiger charge is 2.03. The number of nitrogens with zero attached hydrogens (tertiary/aromatic N) is 1. The molecule has 0 saturated heterocycles. The monoisotopic (exact) mass is 269 g/mol. The fourth-order valence-corrected chi connectivity index (χ4v) is 3.04. The van der Waals surface area contributed by atoms with E-state index in [1.54, 1.807) is 19.0 Å². The number of hydrogen-bond acceptors (Lipinski definition) is 3. The molecule has 17 heavy (non-hydrogen) atoms. The second-order valence-corrected chi connectivity index (χ2v) is 6.05. The summed E-state index contributed by atoms with van der Waals surface area (Å²) in [4.78, 5) is 12.9. The van der Waals surface area contributed by atoms with Gasteiger partial charge in [0.25, 0.3) is 5.24 Å². The Morgan fingerprint density at radius 3 is 2.53 bits per heavy atom. The largest absolute Gasteiger partial charge is 0.340 e. The molecule has 1 amide bonds. The van der Waals surface area contributed by atoms with Gasteiger partial charge in [-0.2, -0.15) is 11.8 Å². The van der Waals surface area contributed by atoms with E-state index in [2.05, 4.69) is 24.3 Å². The fourth-order valence-electron chi connectivity index (χ4n) is 1.21. The maximum atomic E-state index is 11.3. The Morgan fingerprint density at radius 2 is 1.88 bits per heavy atom. The predicted octanol–water partition coefficient (Wildman–Crippen LogP) is 3.72. The van der Waals surface area contributed by atoms with E-state index in [0.29, 0.717) is 0 Å². The van der Waals surface area contributed by atoms with Gasteiger partial charge in [-0.25, -0.2) is 0 Å². The van der Waals surface area contributed by atoms with E-state index >= 15 is 0 Å². The minimum absolute atomic E-state index is 0.151. The minimum atomic E-state index is 0.151. The highest BCUT2D eigenvalue weighted by molar-refractivity contribution is 8.13. The summed E-state index contributed by atoms with van der Waals surface area (Å²) in [6.07, 6.45) is 1.09. The van der Waals surface area contributed by atoms with Crippen LogP contribution in [0.4, 0.5) is 4.79 Å². The zero-order valence-corrected chi connectivity index (χ0v) is 12.0. The Balaban J connectivity index is 2.00. The summed E-state index contributed by atoms with van der Waals surface area (Å²) >= 11 is 3.33. The fraction of sp³-hybridized carbons (Fsp3) is 0.462. The lowest BCUT2D eigenvalue weighted by molar-refractivity contribution is 0.241. The van der Waals surface area contributed by atoms with Gasteiger partial charge in [-0.3, -0.25) is 4.79 Å². The van der Waals surface area contributed by atoms with E-state index < -0.39 is 0 Å². The highest BCUT2D eigenvalue weighted by Crippen LogP contribution is 2.15. The first-order chi connectivity index (χ1) is 8.20. The van der Waals surface area contributed by atoms with E-state index in [-0.39, 0.29) is 5.24 Å². The first-order valence-corrected chi connectivity index (χ1v) is 7.80. The second-order valence-electron chi connectivity index (χ2n) is 3.90. The van der Waals surface area contributed by atoms with Crippen LogP contribution in [0.25, 0.3) is 0 Å². The molecular weight excluding hydrogens is 250 g/mol. The van der Waals surface area contributed by atoms with E-state index in [9.17, 15) is 4.79 Å². The third-order valence-corrected chi connectivity index (χ3v) is 4.35. The molecular formula is C13H19NOS2. The molecule has 0 fully saturated rings. The van der Waals surface area contributed by atoms with Crippen molar-refractivity contribution in [2.45, 2.75) is 12.2 Å². The van der Waals surface area contributed by atoms with Gasteiger partial charge in [-0.1, -0.05) is 42.1 Å². The Hall–Kier alpha value is -0.610. The quantitative estimate of drug-likeness (QED) is 0.734. The van der Waals surface area contributed by atoms with Crippen molar-refractivity contribution in [2.24, 2.45) is 0 Å². The van der Waals surface area contributed by atoms with Crippen LogP contribution in [0.3, 0.4) is 0 Å². The molecule has 0 aliphatic heterocycles. The van der Waals surface area contributed by atoms with Gasteiger partial charge in [-0.05, 0) is 17.7 Å². The van der Waals surface area contributed by atoms with Crippen molar-refractivity contribution >= 4 is 28.8 Å². The molecule has 0 radical (unpaired) electrons. The maximum absolute atomic E-state index is 11.3. The van der Waals surface area contributed by atoms with Crippen molar-refractivity contribution in [1.29, 1.82) is 0 Å². The van der Waals surface area contributed by atoms with Crippen LogP contribution in [-0.4, -0.2) is 35.7 Å². The summed E-state index contributed by atoms with van der Waals surface area (Å²) in [5.41, 5.74) is 1.37. The summed E-state index contributed by atoms with van der Waals surface area (Å²) in [5, 5.41) is 0.151. The van der Waals surface area contributed by atoms with Crippen molar-refractivity contribution < 1.29 is 4.79 Å². The lowest BCUT2D eigenvalue weighted by Gasteiger charge is -2.08. The van der Waals surface area contributed by atoms with Crippen LogP contribution in [0.5, 0.6) is 0 Å². The van der Waals surface area contributed by atoms with Crippen LogP contribution in [0, 0.1) is 0 Å². The number of thioether (sulfide) groups is 2. The van der Waals surface area contributed by atoms with Gasteiger partial charge in [0.15, 0.2) is 0 Å².